The van der Waals surface area contributed by atoms with E-state index in [0.717, 1.165) is 11.1 Å². The van der Waals surface area contributed by atoms with Crippen molar-refractivity contribution in [1.29, 1.82) is 0 Å². The van der Waals surface area contributed by atoms with E-state index in [1.165, 1.54) is 0 Å². The van der Waals surface area contributed by atoms with Crippen molar-refractivity contribution in [2.45, 2.75) is 26.2 Å². The van der Waals surface area contributed by atoms with Gasteiger partial charge in [0, 0.05) is 23.5 Å². The SMILES string of the molecule is C[Si](C)(C)C#Cc1ccc(OCc2cccnc2)c(N)c1. The number of hydrogen-bond acceptors (Lipinski definition) is 3. The average Bonchev–Trinajstić information content (AvgIpc) is 2.44. The molecule has 0 saturated heterocycles. The molecule has 1 heterocycles. The molecule has 2 rings (SSSR count). The number of nitrogens with two attached hydrogens (primary N) is 1. The molecule has 0 atom stereocenters. The smallest absolute Gasteiger partial charge is 0.142 e. The van der Waals surface area contributed by atoms with Gasteiger partial charge in [-0.25, -0.2) is 0 Å². The van der Waals surface area contributed by atoms with Gasteiger partial charge in [0.15, 0.2) is 0 Å². The monoisotopic (exact) mass is 296 g/mol. The molecule has 0 unspecified atom stereocenters. The summed E-state index contributed by atoms with van der Waals surface area (Å²) in [5, 5.41) is 0. The predicted octanol–water partition coefficient (Wildman–Crippen LogP) is 3.47. The van der Waals surface area contributed by atoms with Gasteiger partial charge >= 0.3 is 0 Å². The first-order valence-corrected chi connectivity index (χ1v) is 10.4. The Bertz CT molecular complexity index is 667. The van der Waals surface area contributed by atoms with Crippen LogP contribution in [0.2, 0.25) is 19.6 Å². The highest BCUT2D eigenvalue weighted by Gasteiger charge is 2.08. The minimum atomic E-state index is -1.37. The largest absolute Gasteiger partial charge is 0.487 e. The summed E-state index contributed by atoms with van der Waals surface area (Å²) in [6.07, 6.45) is 3.52. The van der Waals surface area contributed by atoms with Crippen molar-refractivity contribution in [2.24, 2.45) is 0 Å². The zero-order chi connectivity index (χ0) is 15.3. The molecule has 0 fully saturated rings. The predicted molar refractivity (Wildman–Crippen MR) is 89.6 cm³/mol. The summed E-state index contributed by atoms with van der Waals surface area (Å²) in [5.74, 6) is 3.87. The highest BCUT2D eigenvalue weighted by molar-refractivity contribution is 6.83. The topological polar surface area (TPSA) is 48.1 Å². The van der Waals surface area contributed by atoms with E-state index in [9.17, 15) is 0 Å². The normalized spacial score (nSPS) is 10.6. The van der Waals surface area contributed by atoms with Crippen LogP contribution >= 0.6 is 0 Å². The minimum absolute atomic E-state index is 0.456. The zero-order valence-electron chi connectivity index (χ0n) is 12.7. The number of aromatic nitrogens is 1. The Balaban J connectivity index is 2.07. The molecule has 0 amide bonds. The van der Waals surface area contributed by atoms with Gasteiger partial charge in [-0.1, -0.05) is 31.6 Å². The molecule has 4 heteroatoms. The number of nitrogen functional groups attached to an aromatic ring is 1. The van der Waals surface area contributed by atoms with Crippen LogP contribution in [0.1, 0.15) is 11.1 Å². The molecule has 0 aliphatic rings. The van der Waals surface area contributed by atoms with Crippen LogP contribution < -0.4 is 10.5 Å². The number of anilines is 1. The standard InChI is InChI=1S/C17H20N2OSi/c1-21(2,3)10-8-14-6-7-17(16(18)11-14)20-13-15-5-4-9-19-12-15/h4-7,9,11-12H,13,18H2,1-3H3. The van der Waals surface area contributed by atoms with Crippen molar-refractivity contribution in [2.75, 3.05) is 5.73 Å². The Morgan fingerprint density at radius 3 is 2.67 bits per heavy atom. The fourth-order valence-electron chi connectivity index (χ4n) is 1.66. The van der Waals surface area contributed by atoms with Crippen molar-refractivity contribution in [1.82, 2.24) is 4.98 Å². The highest BCUT2D eigenvalue weighted by Crippen LogP contribution is 2.23. The van der Waals surface area contributed by atoms with E-state index < -0.39 is 8.07 Å². The molecule has 21 heavy (non-hydrogen) atoms. The van der Waals surface area contributed by atoms with Crippen LogP contribution in [0.25, 0.3) is 0 Å². The van der Waals surface area contributed by atoms with E-state index in [2.05, 4.69) is 36.1 Å². The highest BCUT2D eigenvalue weighted by atomic mass is 28.3. The van der Waals surface area contributed by atoms with Gasteiger partial charge in [0.05, 0.1) is 5.69 Å². The quantitative estimate of drug-likeness (QED) is 0.536. The molecule has 0 bridgehead atoms. The van der Waals surface area contributed by atoms with Crippen LogP contribution in [0.15, 0.2) is 42.7 Å². The first-order valence-electron chi connectivity index (χ1n) is 6.88. The lowest BCUT2D eigenvalue weighted by Gasteiger charge is -2.09. The van der Waals surface area contributed by atoms with E-state index in [1.54, 1.807) is 12.4 Å². The summed E-state index contributed by atoms with van der Waals surface area (Å²) in [7, 11) is -1.37. The van der Waals surface area contributed by atoms with Gasteiger partial charge in [0.25, 0.3) is 0 Å². The van der Waals surface area contributed by atoms with Gasteiger partial charge in [-0.05, 0) is 24.3 Å². The molecule has 0 radical (unpaired) electrons. The zero-order valence-corrected chi connectivity index (χ0v) is 13.7. The van der Waals surface area contributed by atoms with Crippen molar-refractivity contribution in [3.05, 3.63) is 53.9 Å². The van der Waals surface area contributed by atoms with Crippen LogP contribution in [0.3, 0.4) is 0 Å². The van der Waals surface area contributed by atoms with Gasteiger partial charge in [-0.3, -0.25) is 4.98 Å². The Kier molecular flexibility index (Phi) is 4.66. The molecule has 0 spiro atoms. The molecule has 2 N–H and O–H groups in total. The number of rotatable bonds is 3. The van der Waals surface area contributed by atoms with E-state index in [-0.39, 0.29) is 0 Å². The number of nitrogens with zero attached hydrogens (tertiary/aromatic N) is 1. The van der Waals surface area contributed by atoms with E-state index in [4.69, 9.17) is 10.5 Å². The maximum Gasteiger partial charge on any atom is 0.142 e. The number of pyridine rings is 1. The van der Waals surface area contributed by atoms with Crippen molar-refractivity contribution < 1.29 is 4.74 Å². The fourth-order valence-corrected chi connectivity index (χ4v) is 2.18. The van der Waals surface area contributed by atoms with Gasteiger partial charge < -0.3 is 10.5 Å². The summed E-state index contributed by atoms with van der Waals surface area (Å²) in [6, 6.07) is 9.54. The third kappa shape index (κ3) is 4.97. The molecule has 0 aliphatic carbocycles. The third-order valence-corrected chi connectivity index (χ3v) is 3.58. The third-order valence-electron chi connectivity index (χ3n) is 2.71. The lowest BCUT2D eigenvalue weighted by molar-refractivity contribution is 0.307. The van der Waals surface area contributed by atoms with Gasteiger partial charge in [-0.15, -0.1) is 5.54 Å². The van der Waals surface area contributed by atoms with Crippen LogP contribution in [0.5, 0.6) is 5.75 Å². The Morgan fingerprint density at radius 2 is 2.05 bits per heavy atom. The van der Waals surface area contributed by atoms with Crippen LogP contribution in [0.4, 0.5) is 5.69 Å². The summed E-state index contributed by atoms with van der Waals surface area (Å²) in [6.45, 7) is 7.11. The molecule has 2 aromatic rings. The second-order valence-corrected chi connectivity index (χ2v) is 10.7. The van der Waals surface area contributed by atoms with Gasteiger partial charge in [0.1, 0.15) is 20.4 Å². The van der Waals surface area contributed by atoms with Crippen molar-refractivity contribution in [3.8, 4) is 17.2 Å². The number of ether oxygens (including phenoxy) is 1. The van der Waals surface area contributed by atoms with Gasteiger partial charge in [0.2, 0.25) is 0 Å². The molecule has 1 aromatic carbocycles. The lowest BCUT2D eigenvalue weighted by atomic mass is 10.2. The van der Waals surface area contributed by atoms with Crippen LogP contribution in [-0.2, 0) is 6.61 Å². The first kappa shape index (κ1) is 15.1. The maximum atomic E-state index is 6.03. The fraction of sp³-hybridized carbons (Fsp3) is 0.235. The maximum absolute atomic E-state index is 6.03. The lowest BCUT2D eigenvalue weighted by Crippen LogP contribution is -2.16. The molecule has 3 nitrogen and oxygen atoms in total. The van der Waals surface area contributed by atoms with Crippen LogP contribution in [0, 0.1) is 11.5 Å². The first-order chi connectivity index (χ1) is 9.94. The van der Waals surface area contributed by atoms with Gasteiger partial charge in [-0.2, -0.15) is 0 Å². The molecule has 108 valence electrons. The second kappa shape index (κ2) is 6.46. The second-order valence-electron chi connectivity index (χ2n) is 5.90. The average molecular weight is 296 g/mol. The van der Waals surface area contributed by atoms with Crippen molar-refractivity contribution in [3.63, 3.8) is 0 Å². The molecular formula is C17H20N2OSi. The van der Waals surface area contributed by atoms with E-state index in [0.29, 0.717) is 18.0 Å². The molecular weight excluding hydrogens is 276 g/mol. The summed E-state index contributed by atoms with van der Waals surface area (Å²) >= 11 is 0. The summed E-state index contributed by atoms with van der Waals surface area (Å²) in [5.41, 5.74) is 11.9. The number of benzene rings is 1. The van der Waals surface area contributed by atoms with E-state index >= 15 is 0 Å². The summed E-state index contributed by atoms with van der Waals surface area (Å²) < 4.78 is 5.72. The van der Waals surface area contributed by atoms with Crippen LogP contribution in [-0.4, -0.2) is 13.1 Å². The molecule has 0 aliphatic heterocycles. The number of hydrogen-bond donors (Lipinski definition) is 1. The Morgan fingerprint density at radius 1 is 1.24 bits per heavy atom. The van der Waals surface area contributed by atoms with Crippen molar-refractivity contribution >= 4 is 13.8 Å². The van der Waals surface area contributed by atoms with E-state index in [1.807, 2.05) is 30.3 Å². The molecule has 0 saturated carbocycles. The molecule has 1 aromatic heterocycles. The Hall–Kier alpha value is -2.25. The summed E-state index contributed by atoms with van der Waals surface area (Å²) in [4.78, 5) is 4.06. The minimum Gasteiger partial charge on any atom is -0.487 e. The Labute approximate surface area is 127 Å².